The Morgan fingerprint density at radius 2 is 2.43 bits per heavy atom. The third-order valence-corrected chi connectivity index (χ3v) is 2.07. The number of hydrogen-bond acceptors (Lipinski definition) is 2. The highest BCUT2D eigenvalue weighted by molar-refractivity contribution is 6.16. The number of hydrogen-bond donors (Lipinski definition) is 0. The van der Waals surface area contributed by atoms with E-state index in [1.54, 1.807) is 16.8 Å². The largest absolute Gasteiger partial charge is 0.484 e. The molecule has 1 heterocycles. The van der Waals surface area contributed by atoms with E-state index in [-0.39, 0.29) is 5.43 Å². The first-order valence-electron chi connectivity index (χ1n) is 4.18. The van der Waals surface area contributed by atoms with E-state index in [0.717, 1.165) is 5.69 Å². The van der Waals surface area contributed by atoms with Crippen LogP contribution >= 0.6 is 11.6 Å². The van der Waals surface area contributed by atoms with E-state index in [4.69, 9.17) is 16.3 Å². The van der Waals surface area contributed by atoms with Crippen LogP contribution in [0.3, 0.4) is 0 Å². The van der Waals surface area contributed by atoms with E-state index in [0.29, 0.717) is 18.2 Å². The minimum Gasteiger partial charge on any atom is -0.484 e. The Bertz CT molecular complexity index is 384. The molecule has 0 aromatic carbocycles. The SMILES string of the molecule is C=CCOc1cn(C)c(CCl)cc1=O. The Morgan fingerprint density at radius 3 is 3.00 bits per heavy atom. The van der Waals surface area contributed by atoms with Gasteiger partial charge in [-0.2, -0.15) is 0 Å². The van der Waals surface area contributed by atoms with Crippen molar-refractivity contribution in [2.24, 2.45) is 7.05 Å². The normalized spacial score (nSPS) is 9.86. The highest BCUT2D eigenvalue weighted by atomic mass is 35.5. The molecular weight excluding hydrogens is 202 g/mol. The molecule has 3 nitrogen and oxygen atoms in total. The first kappa shape index (κ1) is 10.9. The second-order valence-corrected chi connectivity index (χ2v) is 3.10. The third kappa shape index (κ3) is 2.39. The lowest BCUT2D eigenvalue weighted by Crippen LogP contribution is -2.12. The predicted molar refractivity (Wildman–Crippen MR) is 56.9 cm³/mol. The number of pyridine rings is 1. The molecule has 76 valence electrons. The number of aryl methyl sites for hydroxylation is 1. The molecule has 0 aliphatic heterocycles. The Balaban J connectivity index is 3.02. The van der Waals surface area contributed by atoms with Crippen LogP contribution in [0.15, 0.2) is 29.7 Å². The van der Waals surface area contributed by atoms with Gasteiger partial charge in [0.25, 0.3) is 0 Å². The molecule has 0 unspecified atom stereocenters. The average Bonchev–Trinajstić information content (AvgIpc) is 2.18. The van der Waals surface area contributed by atoms with Crippen molar-refractivity contribution in [2.75, 3.05) is 6.61 Å². The molecule has 0 atom stereocenters. The van der Waals surface area contributed by atoms with E-state index < -0.39 is 0 Å². The average molecular weight is 214 g/mol. The number of ether oxygens (including phenoxy) is 1. The summed E-state index contributed by atoms with van der Waals surface area (Å²) in [6, 6.07) is 1.48. The van der Waals surface area contributed by atoms with Crippen LogP contribution < -0.4 is 10.2 Å². The van der Waals surface area contributed by atoms with Gasteiger partial charge in [0.05, 0.1) is 12.1 Å². The lowest BCUT2D eigenvalue weighted by Gasteiger charge is -2.08. The van der Waals surface area contributed by atoms with Crippen LogP contribution in [0, 0.1) is 0 Å². The van der Waals surface area contributed by atoms with Crippen molar-refractivity contribution in [3.8, 4) is 5.75 Å². The number of nitrogens with zero attached hydrogens (tertiary/aromatic N) is 1. The number of alkyl halides is 1. The summed E-state index contributed by atoms with van der Waals surface area (Å²) in [7, 11) is 1.82. The molecule has 0 fully saturated rings. The van der Waals surface area contributed by atoms with Gasteiger partial charge in [-0.15, -0.1) is 11.6 Å². The number of aromatic nitrogens is 1. The van der Waals surface area contributed by atoms with Crippen LogP contribution in [-0.2, 0) is 12.9 Å². The van der Waals surface area contributed by atoms with Crippen molar-refractivity contribution >= 4 is 11.6 Å². The van der Waals surface area contributed by atoms with Gasteiger partial charge >= 0.3 is 0 Å². The van der Waals surface area contributed by atoms with Crippen LogP contribution in [0.1, 0.15) is 5.69 Å². The van der Waals surface area contributed by atoms with Gasteiger partial charge < -0.3 is 9.30 Å². The molecule has 0 N–H and O–H groups in total. The molecule has 1 aromatic heterocycles. The van der Waals surface area contributed by atoms with Gasteiger partial charge in [0.1, 0.15) is 6.61 Å². The van der Waals surface area contributed by atoms with Crippen molar-refractivity contribution in [1.82, 2.24) is 4.57 Å². The van der Waals surface area contributed by atoms with Gasteiger partial charge in [0, 0.05) is 18.8 Å². The summed E-state index contributed by atoms with van der Waals surface area (Å²) in [5.41, 5.74) is 0.614. The van der Waals surface area contributed by atoms with Crippen LogP contribution in [0.2, 0.25) is 0 Å². The van der Waals surface area contributed by atoms with Gasteiger partial charge in [0.2, 0.25) is 5.43 Å². The summed E-state index contributed by atoms with van der Waals surface area (Å²) in [6.45, 7) is 3.84. The minimum atomic E-state index is -0.152. The fourth-order valence-electron chi connectivity index (χ4n) is 1.04. The molecular formula is C10H12ClNO2. The van der Waals surface area contributed by atoms with Gasteiger partial charge in [-0.25, -0.2) is 0 Å². The Morgan fingerprint density at radius 1 is 1.71 bits per heavy atom. The first-order chi connectivity index (χ1) is 6.69. The van der Waals surface area contributed by atoms with Gasteiger partial charge in [0.15, 0.2) is 5.75 Å². The van der Waals surface area contributed by atoms with Gasteiger partial charge in [-0.05, 0) is 0 Å². The van der Waals surface area contributed by atoms with E-state index in [9.17, 15) is 4.79 Å². The van der Waals surface area contributed by atoms with Crippen LogP contribution in [0.5, 0.6) is 5.75 Å². The second kappa shape index (κ2) is 4.86. The Hall–Kier alpha value is -1.22. The number of halogens is 1. The smallest absolute Gasteiger partial charge is 0.223 e. The summed E-state index contributed by atoms with van der Waals surface area (Å²) in [5, 5.41) is 0. The second-order valence-electron chi connectivity index (χ2n) is 2.84. The van der Waals surface area contributed by atoms with E-state index >= 15 is 0 Å². The molecule has 0 radical (unpaired) electrons. The zero-order valence-corrected chi connectivity index (χ0v) is 8.75. The number of rotatable bonds is 4. The standard InChI is InChI=1S/C10H12ClNO2/c1-3-4-14-10-7-12(2)8(6-11)5-9(10)13/h3,5,7H,1,4,6H2,2H3. The fourth-order valence-corrected chi connectivity index (χ4v) is 1.30. The maximum atomic E-state index is 11.4. The summed E-state index contributed by atoms with van der Waals surface area (Å²) >= 11 is 5.64. The summed E-state index contributed by atoms with van der Waals surface area (Å²) in [5.74, 6) is 0.634. The van der Waals surface area contributed by atoms with Crippen molar-refractivity contribution in [3.63, 3.8) is 0 Å². The predicted octanol–water partition coefficient (Wildman–Crippen LogP) is 1.69. The van der Waals surface area contributed by atoms with Crippen molar-refractivity contribution in [2.45, 2.75) is 5.88 Å². The molecule has 0 saturated heterocycles. The van der Waals surface area contributed by atoms with Crippen molar-refractivity contribution in [3.05, 3.63) is 40.8 Å². The monoisotopic (exact) mass is 213 g/mol. The summed E-state index contributed by atoms with van der Waals surface area (Å²) in [6.07, 6.45) is 3.22. The Kier molecular flexibility index (Phi) is 3.77. The lowest BCUT2D eigenvalue weighted by atomic mass is 10.3. The van der Waals surface area contributed by atoms with E-state index in [1.165, 1.54) is 6.07 Å². The topological polar surface area (TPSA) is 31.2 Å². The summed E-state index contributed by atoms with van der Waals surface area (Å²) < 4.78 is 6.94. The zero-order chi connectivity index (χ0) is 10.6. The molecule has 0 spiro atoms. The molecule has 4 heteroatoms. The zero-order valence-electron chi connectivity index (χ0n) is 8.00. The maximum Gasteiger partial charge on any atom is 0.223 e. The molecule has 0 saturated carbocycles. The van der Waals surface area contributed by atoms with Crippen molar-refractivity contribution in [1.29, 1.82) is 0 Å². The molecule has 0 aliphatic carbocycles. The molecule has 14 heavy (non-hydrogen) atoms. The fraction of sp³-hybridized carbons (Fsp3) is 0.300. The molecule has 0 aliphatic rings. The highest BCUT2D eigenvalue weighted by Crippen LogP contribution is 2.07. The van der Waals surface area contributed by atoms with Crippen LogP contribution in [-0.4, -0.2) is 11.2 Å². The van der Waals surface area contributed by atoms with E-state index in [1.807, 2.05) is 7.05 Å². The molecule has 1 aromatic rings. The van der Waals surface area contributed by atoms with Crippen LogP contribution in [0.4, 0.5) is 0 Å². The molecule has 1 rings (SSSR count). The molecule has 0 bridgehead atoms. The summed E-state index contributed by atoms with van der Waals surface area (Å²) in [4.78, 5) is 11.4. The van der Waals surface area contributed by atoms with Gasteiger partial charge in [-0.1, -0.05) is 12.7 Å². The Labute approximate surface area is 87.6 Å². The van der Waals surface area contributed by atoms with Gasteiger partial charge in [-0.3, -0.25) is 4.79 Å². The lowest BCUT2D eigenvalue weighted by molar-refractivity contribution is 0.356. The minimum absolute atomic E-state index is 0.152. The van der Waals surface area contributed by atoms with E-state index in [2.05, 4.69) is 6.58 Å². The highest BCUT2D eigenvalue weighted by Gasteiger charge is 2.03. The van der Waals surface area contributed by atoms with Crippen LogP contribution in [0.25, 0.3) is 0 Å². The van der Waals surface area contributed by atoms with Crippen molar-refractivity contribution < 1.29 is 4.74 Å². The maximum absolute atomic E-state index is 11.4. The molecule has 0 amide bonds. The first-order valence-corrected chi connectivity index (χ1v) is 4.71. The quantitative estimate of drug-likeness (QED) is 0.563. The third-order valence-electron chi connectivity index (χ3n) is 1.80.